The second kappa shape index (κ2) is 9.22. The number of nitrogens with zero attached hydrogens (tertiary/aromatic N) is 1. The van der Waals surface area contributed by atoms with E-state index in [1.165, 1.54) is 0 Å². The second-order valence-corrected chi connectivity index (χ2v) is 8.21. The standard InChI is InChI=1S/C15H23BrN2O3S.ClH/c1-3-17-11-12-6-8-18(9-7-12)22(19,20)15-5-4-13(21-2)10-14(15)16;/h4-5,10,12,17H,3,6-9,11H2,1-2H3;1H. The van der Waals surface area contributed by atoms with E-state index in [-0.39, 0.29) is 12.4 Å². The molecule has 0 radical (unpaired) electrons. The van der Waals surface area contributed by atoms with Crippen molar-refractivity contribution in [2.75, 3.05) is 33.3 Å². The number of methoxy groups -OCH3 is 1. The van der Waals surface area contributed by atoms with Crippen LogP contribution in [0.5, 0.6) is 5.75 Å². The lowest BCUT2D eigenvalue weighted by Gasteiger charge is -2.31. The van der Waals surface area contributed by atoms with Gasteiger partial charge in [-0.2, -0.15) is 4.31 Å². The number of halogens is 2. The van der Waals surface area contributed by atoms with Gasteiger partial charge in [-0.15, -0.1) is 12.4 Å². The molecule has 1 aromatic rings. The molecule has 1 aliphatic heterocycles. The Kier molecular flexibility index (Phi) is 8.30. The number of piperidine rings is 1. The summed E-state index contributed by atoms with van der Waals surface area (Å²) in [4.78, 5) is 0.304. The summed E-state index contributed by atoms with van der Waals surface area (Å²) in [5.41, 5.74) is 0. The molecule has 0 spiro atoms. The number of nitrogens with one attached hydrogen (secondary N) is 1. The lowest BCUT2D eigenvalue weighted by Crippen LogP contribution is -2.40. The highest BCUT2D eigenvalue weighted by Crippen LogP contribution is 2.30. The van der Waals surface area contributed by atoms with Crippen LogP contribution in [0.4, 0.5) is 0 Å². The zero-order valence-electron chi connectivity index (χ0n) is 13.4. The molecule has 1 saturated heterocycles. The van der Waals surface area contributed by atoms with Crippen LogP contribution in [0.2, 0.25) is 0 Å². The van der Waals surface area contributed by atoms with Crippen LogP contribution in [0.3, 0.4) is 0 Å². The minimum Gasteiger partial charge on any atom is -0.497 e. The predicted octanol–water partition coefficient (Wildman–Crippen LogP) is 2.89. The topological polar surface area (TPSA) is 58.6 Å². The van der Waals surface area contributed by atoms with Crippen LogP contribution >= 0.6 is 28.3 Å². The van der Waals surface area contributed by atoms with Crippen LogP contribution in [0.25, 0.3) is 0 Å². The lowest BCUT2D eigenvalue weighted by atomic mass is 9.98. The SMILES string of the molecule is CCNCC1CCN(S(=O)(=O)c2ccc(OC)cc2Br)CC1.Cl. The molecule has 0 atom stereocenters. The minimum absolute atomic E-state index is 0. The first-order valence-electron chi connectivity index (χ1n) is 7.53. The monoisotopic (exact) mass is 426 g/mol. The van der Waals surface area contributed by atoms with E-state index in [0.29, 0.717) is 34.1 Å². The summed E-state index contributed by atoms with van der Waals surface area (Å²) < 4.78 is 32.8. The maximum atomic E-state index is 12.8. The number of ether oxygens (including phenoxy) is 1. The molecule has 0 amide bonds. The summed E-state index contributed by atoms with van der Waals surface area (Å²) in [6.07, 6.45) is 1.81. The molecule has 0 aromatic heterocycles. The van der Waals surface area contributed by atoms with Crippen LogP contribution < -0.4 is 10.1 Å². The second-order valence-electron chi connectivity index (χ2n) is 5.45. The average Bonchev–Trinajstić information content (AvgIpc) is 2.52. The van der Waals surface area contributed by atoms with Crippen molar-refractivity contribution in [3.63, 3.8) is 0 Å². The van der Waals surface area contributed by atoms with Gasteiger partial charge in [0.1, 0.15) is 5.75 Å². The number of hydrogen-bond donors (Lipinski definition) is 1. The third kappa shape index (κ3) is 5.06. The largest absolute Gasteiger partial charge is 0.497 e. The van der Waals surface area contributed by atoms with Crippen LogP contribution in [-0.4, -0.2) is 46.0 Å². The Morgan fingerprint density at radius 3 is 2.52 bits per heavy atom. The van der Waals surface area contributed by atoms with Gasteiger partial charge in [0.2, 0.25) is 10.0 Å². The van der Waals surface area contributed by atoms with E-state index in [2.05, 4.69) is 28.2 Å². The maximum absolute atomic E-state index is 12.8. The van der Waals surface area contributed by atoms with Gasteiger partial charge in [-0.25, -0.2) is 8.42 Å². The third-order valence-corrected chi connectivity index (χ3v) is 6.89. The normalized spacial score (nSPS) is 16.8. The molecule has 1 fully saturated rings. The Morgan fingerprint density at radius 2 is 2.00 bits per heavy atom. The van der Waals surface area contributed by atoms with Crippen molar-refractivity contribution < 1.29 is 13.2 Å². The van der Waals surface area contributed by atoms with Crippen molar-refractivity contribution in [3.05, 3.63) is 22.7 Å². The molecule has 1 aliphatic rings. The Bertz CT molecular complexity index is 605. The molecule has 2 rings (SSSR count). The number of hydrogen-bond acceptors (Lipinski definition) is 4. The first kappa shape index (κ1) is 20.7. The van der Waals surface area contributed by atoms with Crippen molar-refractivity contribution in [1.82, 2.24) is 9.62 Å². The van der Waals surface area contributed by atoms with E-state index < -0.39 is 10.0 Å². The molecule has 8 heteroatoms. The van der Waals surface area contributed by atoms with Gasteiger partial charge in [-0.1, -0.05) is 6.92 Å². The lowest BCUT2D eigenvalue weighted by molar-refractivity contribution is 0.268. The Balaban J connectivity index is 0.00000264. The first-order valence-corrected chi connectivity index (χ1v) is 9.76. The van der Waals surface area contributed by atoms with E-state index in [4.69, 9.17) is 4.74 Å². The number of rotatable bonds is 6. The van der Waals surface area contributed by atoms with Gasteiger partial charge < -0.3 is 10.1 Å². The highest BCUT2D eigenvalue weighted by atomic mass is 79.9. The van der Waals surface area contributed by atoms with Crippen molar-refractivity contribution in [3.8, 4) is 5.75 Å². The maximum Gasteiger partial charge on any atom is 0.244 e. The van der Waals surface area contributed by atoms with E-state index in [9.17, 15) is 8.42 Å². The Morgan fingerprint density at radius 1 is 1.35 bits per heavy atom. The molecule has 0 bridgehead atoms. The molecule has 0 unspecified atom stereocenters. The fourth-order valence-corrected chi connectivity index (χ4v) is 5.15. The van der Waals surface area contributed by atoms with Gasteiger partial charge in [0.25, 0.3) is 0 Å². The van der Waals surface area contributed by atoms with E-state index in [1.807, 2.05) is 0 Å². The highest BCUT2D eigenvalue weighted by molar-refractivity contribution is 9.10. The molecule has 1 N–H and O–H groups in total. The average molecular weight is 428 g/mol. The van der Waals surface area contributed by atoms with Crippen LogP contribution in [-0.2, 0) is 10.0 Å². The molecule has 0 aliphatic carbocycles. The first-order chi connectivity index (χ1) is 10.5. The Labute approximate surface area is 153 Å². The molecule has 5 nitrogen and oxygen atoms in total. The van der Waals surface area contributed by atoms with Crippen LogP contribution in [0.15, 0.2) is 27.6 Å². The summed E-state index contributed by atoms with van der Waals surface area (Å²) in [5.74, 6) is 1.20. The van der Waals surface area contributed by atoms with Crippen molar-refractivity contribution >= 4 is 38.4 Å². The zero-order chi connectivity index (χ0) is 16.2. The summed E-state index contributed by atoms with van der Waals surface area (Å²) in [6.45, 7) is 5.17. The summed E-state index contributed by atoms with van der Waals surface area (Å²) in [5, 5.41) is 3.34. The summed E-state index contributed by atoms with van der Waals surface area (Å²) >= 11 is 3.34. The van der Waals surface area contributed by atoms with Crippen molar-refractivity contribution in [2.24, 2.45) is 5.92 Å². The van der Waals surface area contributed by atoms with Gasteiger partial charge in [-0.05, 0) is 66.0 Å². The molecule has 1 heterocycles. The van der Waals surface area contributed by atoms with Crippen molar-refractivity contribution in [1.29, 1.82) is 0 Å². The Hall–Kier alpha value is -0.340. The molecule has 1 aromatic carbocycles. The quantitative estimate of drug-likeness (QED) is 0.758. The number of benzene rings is 1. The van der Waals surface area contributed by atoms with Gasteiger partial charge in [0.05, 0.1) is 12.0 Å². The van der Waals surface area contributed by atoms with Gasteiger partial charge >= 0.3 is 0 Å². The molecule has 23 heavy (non-hydrogen) atoms. The predicted molar refractivity (Wildman–Crippen MR) is 98.0 cm³/mol. The highest BCUT2D eigenvalue weighted by Gasteiger charge is 2.30. The van der Waals surface area contributed by atoms with E-state index in [0.717, 1.165) is 25.9 Å². The van der Waals surface area contributed by atoms with Crippen LogP contribution in [0.1, 0.15) is 19.8 Å². The van der Waals surface area contributed by atoms with Gasteiger partial charge in [0, 0.05) is 17.6 Å². The molecular formula is C15H24BrClN2O3S. The van der Waals surface area contributed by atoms with E-state index >= 15 is 0 Å². The van der Waals surface area contributed by atoms with Gasteiger partial charge in [0.15, 0.2) is 0 Å². The number of sulfonamides is 1. The molecule has 0 saturated carbocycles. The van der Waals surface area contributed by atoms with Crippen molar-refractivity contribution in [2.45, 2.75) is 24.7 Å². The smallest absolute Gasteiger partial charge is 0.244 e. The minimum atomic E-state index is -3.45. The fourth-order valence-electron chi connectivity index (χ4n) is 2.66. The summed E-state index contributed by atoms with van der Waals surface area (Å²) in [7, 11) is -1.89. The molecular weight excluding hydrogens is 404 g/mol. The van der Waals surface area contributed by atoms with E-state index in [1.54, 1.807) is 29.6 Å². The van der Waals surface area contributed by atoms with Gasteiger partial charge in [-0.3, -0.25) is 0 Å². The third-order valence-electron chi connectivity index (χ3n) is 4.01. The van der Waals surface area contributed by atoms with Crippen LogP contribution in [0, 0.1) is 5.92 Å². The molecule has 132 valence electrons. The fraction of sp³-hybridized carbons (Fsp3) is 0.600. The summed E-state index contributed by atoms with van der Waals surface area (Å²) in [6, 6.07) is 4.96. The zero-order valence-corrected chi connectivity index (χ0v) is 16.6.